The molecule has 0 amide bonds. The first-order chi connectivity index (χ1) is 3.84. The van der Waals surface area contributed by atoms with E-state index in [0.717, 1.165) is 12.1 Å². The van der Waals surface area contributed by atoms with Crippen molar-refractivity contribution in [2.45, 2.75) is 26.3 Å². The molecule has 1 aliphatic heterocycles. The fourth-order valence-corrected chi connectivity index (χ4v) is 0.677. The molecular weight excluding hydrogens is 102 g/mol. The molecule has 0 aromatic carbocycles. The van der Waals surface area contributed by atoms with Gasteiger partial charge >= 0.3 is 0 Å². The van der Waals surface area contributed by atoms with Crippen molar-refractivity contribution in [3.05, 3.63) is 0 Å². The van der Waals surface area contributed by atoms with Crippen LogP contribution in [0.3, 0.4) is 0 Å². The third-order valence-corrected chi connectivity index (χ3v) is 1.24. The van der Waals surface area contributed by atoms with E-state index in [-0.39, 0.29) is 6.04 Å². The van der Waals surface area contributed by atoms with Gasteiger partial charge in [0.05, 0.1) is 5.71 Å². The van der Waals surface area contributed by atoms with Gasteiger partial charge in [-0.25, -0.2) is 0 Å². The Morgan fingerprint density at radius 2 is 2.38 bits per heavy atom. The molecule has 44 valence electrons. The molecule has 0 aromatic rings. The maximum Gasteiger partial charge on any atom is 0.110 e. The van der Waals surface area contributed by atoms with Gasteiger partial charge in [0.15, 0.2) is 0 Å². The number of nitrogens with zero attached hydrogens (tertiary/aromatic N) is 3. The van der Waals surface area contributed by atoms with Crippen LogP contribution in [0.2, 0.25) is 0 Å². The molecule has 0 aromatic heterocycles. The highest BCUT2D eigenvalue weighted by molar-refractivity contribution is 5.89. The summed E-state index contributed by atoms with van der Waals surface area (Å²) in [5.41, 5.74) is 1.09. The molecule has 1 aliphatic rings. The zero-order valence-electron chi connectivity index (χ0n) is 5.13. The van der Waals surface area contributed by atoms with Gasteiger partial charge in [-0.05, 0) is 18.6 Å². The Labute approximate surface area is 48.5 Å². The average Bonchev–Trinajstić information content (AvgIpc) is 2.14. The minimum Gasteiger partial charge on any atom is -0.160 e. The van der Waals surface area contributed by atoms with E-state index in [2.05, 4.69) is 22.4 Å². The van der Waals surface area contributed by atoms with Gasteiger partial charge in [0, 0.05) is 0 Å². The second-order valence-corrected chi connectivity index (χ2v) is 1.83. The van der Waals surface area contributed by atoms with Crippen molar-refractivity contribution < 1.29 is 0 Å². The second-order valence-electron chi connectivity index (χ2n) is 1.83. The summed E-state index contributed by atoms with van der Waals surface area (Å²) in [7, 11) is 0. The topological polar surface area (TPSA) is 37.1 Å². The molecule has 0 fully saturated rings. The van der Waals surface area contributed by atoms with Gasteiger partial charge < -0.3 is 0 Å². The first-order valence-electron chi connectivity index (χ1n) is 2.81. The van der Waals surface area contributed by atoms with Crippen LogP contribution in [0.4, 0.5) is 0 Å². The highest BCUT2D eigenvalue weighted by atomic mass is 15.4. The van der Waals surface area contributed by atoms with Gasteiger partial charge in [0.1, 0.15) is 6.04 Å². The molecule has 3 nitrogen and oxygen atoms in total. The van der Waals surface area contributed by atoms with E-state index < -0.39 is 0 Å². The third kappa shape index (κ3) is 0.757. The van der Waals surface area contributed by atoms with Crippen LogP contribution >= 0.6 is 0 Å². The monoisotopic (exact) mass is 111 g/mol. The van der Waals surface area contributed by atoms with Gasteiger partial charge in [-0.3, -0.25) is 0 Å². The Morgan fingerprint density at radius 1 is 1.62 bits per heavy atom. The summed E-state index contributed by atoms with van der Waals surface area (Å²) in [5, 5.41) is 11.1. The van der Waals surface area contributed by atoms with E-state index in [1.165, 1.54) is 0 Å². The van der Waals surface area contributed by atoms with E-state index in [0.29, 0.717) is 0 Å². The standard InChI is InChI=1S/C5H9N3/c1-3-5-4(2)6-8-7-5/h4H,3H2,1-2H3. The minimum atomic E-state index is 0.236. The van der Waals surface area contributed by atoms with Crippen molar-refractivity contribution >= 4 is 5.71 Å². The molecule has 1 atom stereocenters. The Bertz CT molecular complexity index is 137. The smallest absolute Gasteiger partial charge is 0.110 e. The summed E-state index contributed by atoms with van der Waals surface area (Å²) in [6.07, 6.45) is 0.966. The molecule has 0 spiro atoms. The van der Waals surface area contributed by atoms with E-state index in [9.17, 15) is 0 Å². The van der Waals surface area contributed by atoms with Crippen LogP contribution < -0.4 is 0 Å². The lowest BCUT2D eigenvalue weighted by Gasteiger charge is -1.95. The summed E-state index contributed by atoms with van der Waals surface area (Å²) in [6, 6.07) is 0.236. The summed E-state index contributed by atoms with van der Waals surface area (Å²) in [6.45, 7) is 4.06. The van der Waals surface area contributed by atoms with Crippen molar-refractivity contribution in [3.63, 3.8) is 0 Å². The van der Waals surface area contributed by atoms with Crippen LogP contribution in [0.5, 0.6) is 0 Å². The normalized spacial score (nSPS) is 26.2. The number of hydrogen-bond donors (Lipinski definition) is 0. The lowest BCUT2D eigenvalue weighted by Crippen LogP contribution is -2.08. The average molecular weight is 111 g/mol. The van der Waals surface area contributed by atoms with Crippen LogP contribution in [-0.4, -0.2) is 11.8 Å². The zero-order valence-corrected chi connectivity index (χ0v) is 5.13. The molecule has 0 radical (unpaired) electrons. The Morgan fingerprint density at radius 3 is 2.62 bits per heavy atom. The Kier molecular flexibility index (Phi) is 1.37. The second kappa shape index (κ2) is 2.03. The van der Waals surface area contributed by atoms with Crippen LogP contribution in [0.1, 0.15) is 20.3 Å². The quantitative estimate of drug-likeness (QED) is 0.493. The molecule has 1 unspecified atom stereocenters. The zero-order chi connectivity index (χ0) is 5.98. The van der Waals surface area contributed by atoms with E-state index >= 15 is 0 Å². The van der Waals surface area contributed by atoms with E-state index in [1.807, 2.05) is 6.92 Å². The number of rotatable bonds is 1. The van der Waals surface area contributed by atoms with Gasteiger partial charge in [-0.2, -0.15) is 5.11 Å². The third-order valence-electron chi connectivity index (χ3n) is 1.24. The van der Waals surface area contributed by atoms with Crippen LogP contribution in [-0.2, 0) is 0 Å². The SMILES string of the molecule is CCC1=NN=NC1C. The Hall–Kier alpha value is -0.730. The highest BCUT2D eigenvalue weighted by Gasteiger charge is 2.10. The first kappa shape index (κ1) is 5.41. The lowest BCUT2D eigenvalue weighted by molar-refractivity contribution is 0.902. The predicted octanol–water partition coefficient (Wildman–Crippen LogP) is 1.61. The maximum absolute atomic E-state index is 3.81. The van der Waals surface area contributed by atoms with Gasteiger partial charge in [0.2, 0.25) is 0 Å². The molecule has 8 heavy (non-hydrogen) atoms. The Balaban J connectivity index is 2.59. The molecule has 0 N–H and O–H groups in total. The summed E-state index contributed by atoms with van der Waals surface area (Å²) in [4.78, 5) is 0. The summed E-state index contributed by atoms with van der Waals surface area (Å²) < 4.78 is 0. The maximum atomic E-state index is 3.81. The molecule has 0 saturated heterocycles. The van der Waals surface area contributed by atoms with Crippen LogP contribution in [0.15, 0.2) is 15.4 Å². The minimum absolute atomic E-state index is 0.236. The molecule has 0 aliphatic carbocycles. The highest BCUT2D eigenvalue weighted by Crippen LogP contribution is 2.06. The van der Waals surface area contributed by atoms with E-state index in [4.69, 9.17) is 0 Å². The van der Waals surface area contributed by atoms with Crippen molar-refractivity contribution in [2.24, 2.45) is 15.4 Å². The fourth-order valence-electron chi connectivity index (χ4n) is 0.677. The van der Waals surface area contributed by atoms with Gasteiger partial charge in [0.25, 0.3) is 0 Å². The molecular formula is C5H9N3. The van der Waals surface area contributed by atoms with Crippen molar-refractivity contribution in [3.8, 4) is 0 Å². The molecule has 0 saturated carbocycles. The summed E-state index contributed by atoms with van der Waals surface area (Å²) >= 11 is 0. The molecule has 3 heteroatoms. The fraction of sp³-hybridized carbons (Fsp3) is 0.800. The summed E-state index contributed by atoms with van der Waals surface area (Å²) in [5.74, 6) is 0. The molecule has 1 heterocycles. The molecule has 1 rings (SSSR count). The first-order valence-corrected chi connectivity index (χ1v) is 2.81. The largest absolute Gasteiger partial charge is 0.160 e. The molecule has 0 bridgehead atoms. The van der Waals surface area contributed by atoms with E-state index in [1.54, 1.807) is 0 Å². The van der Waals surface area contributed by atoms with Crippen LogP contribution in [0.25, 0.3) is 0 Å². The van der Waals surface area contributed by atoms with Gasteiger partial charge in [-0.15, -0.1) is 5.10 Å². The van der Waals surface area contributed by atoms with Crippen LogP contribution in [0, 0.1) is 0 Å². The predicted molar refractivity (Wildman–Crippen MR) is 32.0 cm³/mol. The lowest BCUT2D eigenvalue weighted by atomic mass is 10.2. The van der Waals surface area contributed by atoms with Crippen molar-refractivity contribution in [1.82, 2.24) is 0 Å². The van der Waals surface area contributed by atoms with Gasteiger partial charge in [-0.1, -0.05) is 6.92 Å². The number of hydrogen-bond acceptors (Lipinski definition) is 3. The van der Waals surface area contributed by atoms with Crippen molar-refractivity contribution in [2.75, 3.05) is 0 Å². The van der Waals surface area contributed by atoms with Crippen molar-refractivity contribution in [1.29, 1.82) is 0 Å².